The number of hydrogen-bond donors (Lipinski definition) is 1. The van der Waals surface area contributed by atoms with E-state index in [-0.39, 0.29) is 5.91 Å². The van der Waals surface area contributed by atoms with Gasteiger partial charge in [0.15, 0.2) is 5.16 Å². The van der Waals surface area contributed by atoms with Crippen molar-refractivity contribution in [2.24, 2.45) is 0 Å². The van der Waals surface area contributed by atoms with Crippen LogP contribution in [0.5, 0.6) is 0 Å². The maximum absolute atomic E-state index is 12.7. The molecule has 0 saturated carbocycles. The number of piperazine rings is 1. The second-order valence-electron chi connectivity index (χ2n) is 9.31. The maximum atomic E-state index is 12.7. The topological polar surface area (TPSA) is 74.2 Å². The van der Waals surface area contributed by atoms with Gasteiger partial charge in [-0.2, -0.15) is 0 Å². The van der Waals surface area contributed by atoms with Gasteiger partial charge in [0.1, 0.15) is 5.82 Å². The second-order valence-corrected chi connectivity index (χ2v) is 10.7. The molecular weight excluding hydrogens is 528 g/mol. The summed E-state index contributed by atoms with van der Waals surface area (Å²) in [6, 6.07) is 21.6. The third kappa shape index (κ3) is 7.07. The third-order valence-electron chi connectivity index (χ3n) is 6.64. The van der Waals surface area contributed by atoms with Crippen LogP contribution < -0.4 is 15.1 Å². The Morgan fingerprint density at radius 2 is 1.74 bits per heavy atom. The fourth-order valence-electron chi connectivity index (χ4n) is 4.49. The summed E-state index contributed by atoms with van der Waals surface area (Å²) in [5.74, 6) is 1.54. The summed E-state index contributed by atoms with van der Waals surface area (Å²) in [7, 11) is 0. The molecule has 1 amide bonds. The van der Waals surface area contributed by atoms with Gasteiger partial charge >= 0.3 is 0 Å². The van der Waals surface area contributed by atoms with E-state index in [0.29, 0.717) is 17.9 Å². The first kappa shape index (κ1) is 27.0. The molecule has 2 aromatic carbocycles. The number of pyridine rings is 1. The highest BCUT2D eigenvalue weighted by Gasteiger charge is 2.21. The van der Waals surface area contributed by atoms with Gasteiger partial charge in [0.2, 0.25) is 0 Å². The van der Waals surface area contributed by atoms with Gasteiger partial charge in [-0.25, -0.2) is 9.97 Å². The fourth-order valence-corrected chi connectivity index (χ4v) is 5.56. The standard InChI is InChI=1S/C30H31ClN6OS/c1-2-25-18-28(37-15-13-36(14-16-37)27-11-4-3-10-26(27)31)35-30(34-25)39-21-22-7-5-9-24(17-22)29(38)33-20-23-8-6-12-32-19-23/h3-12,17-19H,2,13-16,20-21H2,1H3,(H,33,38). The molecule has 3 heterocycles. The lowest BCUT2D eigenvalue weighted by molar-refractivity contribution is 0.0951. The summed E-state index contributed by atoms with van der Waals surface area (Å²) >= 11 is 8.02. The number of aryl methyl sites for hydroxylation is 1. The zero-order valence-electron chi connectivity index (χ0n) is 21.9. The van der Waals surface area contributed by atoms with Crippen LogP contribution in [-0.4, -0.2) is 47.0 Å². The van der Waals surface area contributed by atoms with Crippen LogP contribution in [0, 0.1) is 0 Å². The number of para-hydroxylation sites is 1. The van der Waals surface area contributed by atoms with Crippen molar-refractivity contribution in [1.29, 1.82) is 0 Å². The van der Waals surface area contributed by atoms with Gasteiger partial charge in [-0.3, -0.25) is 9.78 Å². The molecule has 200 valence electrons. The number of halogens is 1. The molecule has 0 unspecified atom stereocenters. The molecule has 2 aromatic heterocycles. The van der Waals surface area contributed by atoms with E-state index >= 15 is 0 Å². The van der Waals surface area contributed by atoms with E-state index in [0.717, 1.165) is 71.1 Å². The minimum absolute atomic E-state index is 0.104. The molecule has 4 aromatic rings. The normalized spacial score (nSPS) is 13.4. The fraction of sp³-hybridized carbons (Fsp3) is 0.267. The number of thioether (sulfide) groups is 1. The summed E-state index contributed by atoms with van der Waals surface area (Å²) in [5.41, 5.74) is 4.76. The van der Waals surface area contributed by atoms with E-state index < -0.39 is 0 Å². The van der Waals surface area contributed by atoms with Crippen LogP contribution in [-0.2, 0) is 18.7 Å². The Hall–Kier alpha value is -3.62. The van der Waals surface area contributed by atoms with Crippen LogP contribution in [0.2, 0.25) is 5.02 Å². The van der Waals surface area contributed by atoms with Crippen molar-refractivity contribution < 1.29 is 4.79 Å². The van der Waals surface area contributed by atoms with Crippen LogP contribution in [0.25, 0.3) is 0 Å². The number of aromatic nitrogens is 3. The Morgan fingerprint density at radius 1 is 0.949 bits per heavy atom. The zero-order valence-corrected chi connectivity index (χ0v) is 23.5. The number of carbonyl (C=O) groups is 1. The van der Waals surface area contributed by atoms with Crippen LogP contribution in [0.4, 0.5) is 11.5 Å². The van der Waals surface area contributed by atoms with Gasteiger partial charge in [0.05, 0.1) is 10.7 Å². The van der Waals surface area contributed by atoms with E-state index in [1.165, 1.54) is 0 Å². The van der Waals surface area contributed by atoms with E-state index in [1.54, 1.807) is 24.2 Å². The SMILES string of the molecule is CCc1cc(N2CCN(c3ccccc3Cl)CC2)nc(SCc2cccc(C(=O)NCc3cccnc3)c2)n1. The van der Waals surface area contributed by atoms with E-state index in [4.69, 9.17) is 21.6 Å². The summed E-state index contributed by atoms with van der Waals surface area (Å²) in [6.07, 6.45) is 4.32. The Balaban J connectivity index is 1.21. The number of benzene rings is 2. The van der Waals surface area contributed by atoms with E-state index in [2.05, 4.69) is 39.2 Å². The number of rotatable bonds is 9. The molecular formula is C30H31ClN6OS. The molecule has 0 atom stereocenters. The lowest BCUT2D eigenvalue weighted by Crippen LogP contribution is -2.47. The number of carbonyl (C=O) groups excluding carboxylic acids is 1. The molecule has 1 aliphatic heterocycles. The van der Waals surface area contributed by atoms with Crippen molar-refractivity contribution in [1.82, 2.24) is 20.3 Å². The molecule has 1 fully saturated rings. The van der Waals surface area contributed by atoms with Crippen molar-refractivity contribution in [2.75, 3.05) is 36.0 Å². The number of amides is 1. The molecule has 5 rings (SSSR count). The van der Waals surface area contributed by atoms with Crippen molar-refractivity contribution in [2.45, 2.75) is 30.8 Å². The first-order valence-corrected chi connectivity index (χ1v) is 14.5. The average molecular weight is 559 g/mol. The quantitative estimate of drug-likeness (QED) is 0.210. The predicted molar refractivity (Wildman–Crippen MR) is 159 cm³/mol. The predicted octanol–water partition coefficient (Wildman–Crippen LogP) is 5.64. The second kappa shape index (κ2) is 13.0. The van der Waals surface area contributed by atoms with Crippen molar-refractivity contribution in [3.8, 4) is 0 Å². The minimum atomic E-state index is -0.104. The van der Waals surface area contributed by atoms with Gasteiger partial charge in [-0.05, 0) is 47.9 Å². The molecule has 0 bridgehead atoms. The Morgan fingerprint density at radius 3 is 2.51 bits per heavy atom. The summed E-state index contributed by atoms with van der Waals surface area (Å²) in [4.78, 5) is 31.1. The number of nitrogens with one attached hydrogen (secondary N) is 1. The molecule has 0 spiro atoms. The number of nitrogens with zero attached hydrogens (tertiary/aromatic N) is 5. The first-order chi connectivity index (χ1) is 19.1. The highest BCUT2D eigenvalue weighted by molar-refractivity contribution is 7.98. The van der Waals surface area contributed by atoms with Crippen LogP contribution >= 0.6 is 23.4 Å². The Bertz CT molecular complexity index is 1410. The first-order valence-electron chi connectivity index (χ1n) is 13.1. The molecule has 1 N–H and O–H groups in total. The van der Waals surface area contributed by atoms with Crippen LogP contribution in [0.3, 0.4) is 0 Å². The average Bonchev–Trinajstić information content (AvgIpc) is 2.99. The molecule has 7 nitrogen and oxygen atoms in total. The lowest BCUT2D eigenvalue weighted by atomic mass is 10.1. The van der Waals surface area contributed by atoms with Crippen molar-refractivity contribution in [3.63, 3.8) is 0 Å². The minimum Gasteiger partial charge on any atom is -0.367 e. The van der Waals surface area contributed by atoms with Gasteiger partial charge in [-0.1, -0.05) is 60.6 Å². The molecule has 39 heavy (non-hydrogen) atoms. The van der Waals surface area contributed by atoms with Gasteiger partial charge in [0.25, 0.3) is 5.91 Å². The molecule has 9 heteroatoms. The van der Waals surface area contributed by atoms with E-state index in [1.807, 2.05) is 54.6 Å². The Labute approximate surface area is 238 Å². The molecule has 1 saturated heterocycles. The smallest absolute Gasteiger partial charge is 0.251 e. The highest BCUT2D eigenvalue weighted by atomic mass is 35.5. The molecule has 0 radical (unpaired) electrons. The van der Waals surface area contributed by atoms with Crippen molar-refractivity contribution >= 4 is 40.8 Å². The largest absolute Gasteiger partial charge is 0.367 e. The number of anilines is 2. The zero-order chi connectivity index (χ0) is 27.0. The van der Waals surface area contributed by atoms with Crippen LogP contribution in [0.15, 0.2) is 84.3 Å². The van der Waals surface area contributed by atoms with Crippen LogP contribution in [0.1, 0.15) is 34.1 Å². The summed E-state index contributed by atoms with van der Waals surface area (Å²) < 4.78 is 0. The molecule has 0 aliphatic carbocycles. The number of hydrogen-bond acceptors (Lipinski definition) is 7. The van der Waals surface area contributed by atoms with Gasteiger partial charge in [0, 0.05) is 68.2 Å². The van der Waals surface area contributed by atoms with Gasteiger partial charge < -0.3 is 15.1 Å². The highest BCUT2D eigenvalue weighted by Crippen LogP contribution is 2.28. The third-order valence-corrected chi connectivity index (χ3v) is 7.88. The maximum Gasteiger partial charge on any atom is 0.251 e. The lowest BCUT2D eigenvalue weighted by Gasteiger charge is -2.37. The van der Waals surface area contributed by atoms with E-state index in [9.17, 15) is 4.79 Å². The monoisotopic (exact) mass is 558 g/mol. The summed E-state index contributed by atoms with van der Waals surface area (Å²) in [6.45, 7) is 6.06. The Kier molecular flexibility index (Phi) is 8.96. The molecule has 1 aliphatic rings. The van der Waals surface area contributed by atoms with Crippen molar-refractivity contribution in [3.05, 3.63) is 107 Å². The van der Waals surface area contributed by atoms with Gasteiger partial charge in [-0.15, -0.1) is 0 Å². The summed E-state index contributed by atoms with van der Waals surface area (Å²) in [5, 5.41) is 4.51.